The highest BCUT2D eigenvalue weighted by Gasteiger charge is 2.35. The van der Waals surface area contributed by atoms with Crippen LogP contribution in [0.1, 0.15) is 16.1 Å². The molecule has 1 fully saturated rings. The van der Waals surface area contributed by atoms with Gasteiger partial charge in [0, 0.05) is 44.2 Å². The van der Waals surface area contributed by atoms with Gasteiger partial charge in [0.05, 0.1) is 6.04 Å². The Hall–Kier alpha value is -2.54. The lowest BCUT2D eigenvalue weighted by atomic mass is 10.0. The Kier molecular flexibility index (Phi) is 4.47. The third-order valence-corrected chi connectivity index (χ3v) is 4.05. The van der Waals surface area contributed by atoms with Crippen LogP contribution >= 0.6 is 0 Å². The number of rotatable bonds is 4. The molecule has 3 heterocycles. The molecule has 1 saturated heterocycles. The minimum Gasteiger partial charge on any atom is -0.396 e. The fourth-order valence-electron chi connectivity index (χ4n) is 2.80. The quantitative estimate of drug-likeness (QED) is 0.849. The number of amides is 1. The van der Waals surface area contributed by atoms with E-state index >= 15 is 0 Å². The van der Waals surface area contributed by atoms with Crippen molar-refractivity contribution in [2.75, 3.05) is 24.6 Å². The van der Waals surface area contributed by atoms with Gasteiger partial charge in [-0.15, -0.1) is 0 Å². The highest BCUT2D eigenvalue weighted by atomic mass is 16.3. The lowest BCUT2D eigenvalue weighted by Crippen LogP contribution is -2.42. The van der Waals surface area contributed by atoms with Crippen LogP contribution in [0.2, 0.25) is 0 Å². The lowest BCUT2D eigenvalue weighted by Gasteiger charge is -2.18. The highest BCUT2D eigenvalue weighted by molar-refractivity contribution is 5.93. The van der Waals surface area contributed by atoms with Crippen molar-refractivity contribution in [2.45, 2.75) is 13.0 Å². The summed E-state index contributed by atoms with van der Waals surface area (Å²) in [6, 6.07) is 5.24. The number of aliphatic hydroxyl groups excluding tert-OH is 1. The van der Waals surface area contributed by atoms with Gasteiger partial charge in [0.25, 0.3) is 5.91 Å². The molecule has 0 spiro atoms. The molecule has 1 aliphatic rings. The van der Waals surface area contributed by atoms with Gasteiger partial charge in [0.1, 0.15) is 5.69 Å². The summed E-state index contributed by atoms with van der Waals surface area (Å²) in [7, 11) is 0. The van der Waals surface area contributed by atoms with E-state index < -0.39 is 0 Å². The molecule has 2 aromatic heterocycles. The topological polar surface area (TPSA) is 91.2 Å². The van der Waals surface area contributed by atoms with Crippen LogP contribution in [0.5, 0.6) is 0 Å². The summed E-state index contributed by atoms with van der Waals surface area (Å²) in [6.07, 6.45) is 4.96. The number of carbonyl (C=O) groups excluding carboxylic acids is 1. The number of nitrogens with one attached hydrogen (secondary N) is 1. The first-order chi connectivity index (χ1) is 11.2. The summed E-state index contributed by atoms with van der Waals surface area (Å²) in [4.78, 5) is 27.0. The Morgan fingerprint density at radius 2 is 2.00 bits per heavy atom. The zero-order valence-corrected chi connectivity index (χ0v) is 12.9. The number of aromatic nitrogens is 3. The van der Waals surface area contributed by atoms with Crippen LogP contribution in [0.4, 0.5) is 5.95 Å². The second-order valence-electron chi connectivity index (χ2n) is 5.65. The molecule has 0 aromatic carbocycles. The predicted molar refractivity (Wildman–Crippen MR) is 85.0 cm³/mol. The first-order valence-electron chi connectivity index (χ1n) is 7.54. The van der Waals surface area contributed by atoms with Crippen molar-refractivity contribution < 1.29 is 9.90 Å². The van der Waals surface area contributed by atoms with Crippen LogP contribution < -0.4 is 10.2 Å². The van der Waals surface area contributed by atoms with Crippen molar-refractivity contribution in [3.8, 4) is 0 Å². The zero-order valence-electron chi connectivity index (χ0n) is 12.9. The van der Waals surface area contributed by atoms with E-state index in [1.54, 1.807) is 30.7 Å². The van der Waals surface area contributed by atoms with Gasteiger partial charge in [-0.05, 0) is 24.6 Å². The zero-order chi connectivity index (χ0) is 16.2. The van der Waals surface area contributed by atoms with E-state index in [1.165, 1.54) is 0 Å². The van der Waals surface area contributed by atoms with E-state index in [-0.39, 0.29) is 24.5 Å². The highest BCUT2D eigenvalue weighted by Crippen LogP contribution is 2.21. The number of hydrogen-bond donors (Lipinski definition) is 2. The monoisotopic (exact) mass is 313 g/mol. The van der Waals surface area contributed by atoms with Gasteiger partial charge in [0.15, 0.2) is 0 Å². The molecule has 120 valence electrons. The molecule has 7 heteroatoms. The first kappa shape index (κ1) is 15.4. The molecule has 1 aliphatic heterocycles. The van der Waals surface area contributed by atoms with Crippen molar-refractivity contribution in [3.63, 3.8) is 0 Å². The maximum atomic E-state index is 12.4. The molecule has 7 nitrogen and oxygen atoms in total. The summed E-state index contributed by atoms with van der Waals surface area (Å²) in [5, 5.41) is 12.6. The van der Waals surface area contributed by atoms with Crippen LogP contribution in [0.25, 0.3) is 0 Å². The van der Waals surface area contributed by atoms with Crippen LogP contribution in [0, 0.1) is 12.8 Å². The van der Waals surface area contributed by atoms with Crippen molar-refractivity contribution >= 4 is 11.9 Å². The average molecular weight is 313 g/mol. The van der Waals surface area contributed by atoms with Crippen molar-refractivity contribution in [1.29, 1.82) is 0 Å². The number of carbonyl (C=O) groups is 1. The number of aliphatic hydroxyl groups is 1. The normalized spacial score (nSPS) is 20.5. The number of hydrogen-bond acceptors (Lipinski definition) is 6. The lowest BCUT2D eigenvalue weighted by molar-refractivity contribution is 0.0916. The molecule has 1 amide bonds. The number of nitrogens with zero attached hydrogens (tertiary/aromatic N) is 4. The first-order valence-corrected chi connectivity index (χ1v) is 7.54. The number of anilines is 1. The van der Waals surface area contributed by atoms with Gasteiger partial charge in [0.2, 0.25) is 5.95 Å². The molecule has 0 bridgehead atoms. The van der Waals surface area contributed by atoms with Gasteiger partial charge >= 0.3 is 0 Å². The third kappa shape index (κ3) is 3.29. The Morgan fingerprint density at radius 3 is 2.70 bits per heavy atom. The van der Waals surface area contributed by atoms with Crippen LogP contribution in [-0.2, 0) is 0 Å². The van der Waals surface area contributed by atoms with Crippen LogP contribution in [-0.4, -0.2) is 51.7 Å². The minimum absolute atomic E-state index is 0.00448. The Morgan fingerprint density at radius 1 is 1.26 bits per heavy atom. The van der Waals surface area contributed by atoms with Crippen LogP contribution in [0.3, 0.4) is 0 Å². The summed E-state index contributed by atoms with van der Waals surface area (Å²) in [5.41, 5.74) is 1.24. The molecular formula is C16H19N5O2. The largest absolute Gasteiger partial charge is 0.396 e. The van der Waals surface area contributed by atoms with Crippen LogP contribution in [0.15, 0.2) is 36.8 Å². The summed E-state index contributed by atoms with van der Waals surface area (Å²) >= 11 is 0. The second kappa shape index (κ2) is 6.70. The SMILES string of the molecule is Cc1cccnc1C(=O)N[C@@H]1CN(c2ncccn2)C[C@H]1CO. The minimum atomic E-state index is -0.220. The molecule has 23 heavy (non-hydrogen) atoms. The average Bonchev–Trinajstić information content (AvgIpc) is 2.99. The maximum absolute atomic E-state index is 12.4. The van der Waals surface area contributed by atoms with Gasteiger partial charge in [-0.3, -0.25) is 9.78 Å². The molecular weight excluding hydrogens is 294 g/mol. The van der Waals surface area contributed by atoms with Gasteiger partial charge in [-0.2, -0.15) is 0 Å². The molecule has 3 rings (SSSR count). The second-order valence-corrected chi connectivity index (χ2v) is 5.65. The van der Waals surface area contributed by atoms with Gasteiger partial charge in [-0.25, -0.2) is 9.97 Å². The Labute approximate surface area is 134 Å². The standard InChI is InChI=1S/C16H19N5O2/c1-11-4-2-5-17-14(11)15(23)20-13-9-21(8-12(13)10-22)16-18-6-3-7-19-16/h2-7,12-13,22H,8-10H2,1H3,(H,20,23)/t12-,13+/m0/s1. The van der Waals surface area contributed by atoms with Gasteiger partial charge < -0.3 is 15.3 Å². The number of aryl methyl sites for hydroxylation is 1. The smallest absolute Gasteiger partial charge is 0.270 e. The third-order valence-electron chi connectivity index (χ3n) is 4.05. The van der Waals surface area contributed by atoms with E-state index in [4.69, 9.17) is 0 Å². The number of pyridine rings is 1. The van der Waals surface area contributed by atoms with Crippen molar-refractivity contribution in [1.82, 2.24) is 20.3 Å². The maximum Gasteiger partial charge on any atom is 0.270 e. The van der Waals surface area contributed by atoms with E-state index in [9.17, 15) is 9.90 Å². The van der Waals surface area contributed by atoms with E-state index in [1.807, 2.05) is 17.9 Å². The summed E-state index contributed by atoms with van der Waals surface area (Å²) < 4.78 is 0. The molecule has 2 aromatic rings. The Balaban J connectivity index is 1.72. The van der Waals surface area contributed by atoms with E-state index in [0.29, 0.717) is 24.7 Å². The molecule has 0 radical (unpaired) electrons. The summed E-state index contributed by atoms with van der Waals surface area (Å²) in [6.45, 7) is 3.01. The van der Waals surface area contributed by atoms with E-state index in [0.717, 1.165) is 5.56 Å². The molecule has 0 aliphatic carbocycles. The summed E-state index contributed by atoms with van der Waals surface area (Å²) in [5.74, 6) is 0.325. The fourth-order valence-corrected chi connectivity index (χ4v) is 2.80. The van der Waals surface area contributed by atoms with Crippen molar-refractivity contribution in [2.24, 2.45) is 5.92 Å². The molecule has 2 N–H and O–H groups in total. The van der Waals surface area contributed by atoms with E-state index in [2.05, 4.69) is 20.3 Å². The molecule has 2 atom stereocenters. The van der Waals surface area contributed by atoms with Crippen molar-refractivity contribution in [3.05, 3.63) is 48.0 Å². The molecule has 0 saturated carbocycles. The van der Waals surface area contributed by atoms with Gasteiger partial charge in [-0.1, -0.05) is 6.07 Å². The Bertz CT molecular complexity index is 679. The predicted octanol–water partition coefficient (Wildman–Crippen LogP) is 0.407. The fraction of sp³-hybridized carbons (Fsp3) is 0.375. The molecule has 0 unspecified atom stereocenters.